The van der Waals surface area contributed by atoms with Crippen LogP contribution < -0.4 is 10.5 Å². The number of ketones is 1. The topological polar surface area (TPSA) is 153 Å². The molecule has 0 saturated carbocycles. The number of phenols is 1. The van der Waals surface area contributed by atoms with Crippen molar-refractivity contribution in [3.63, 3.8) is 0 Å². The number of nitrogens with two attached hydrogens (primary N) is 1. The third-order valence-corrected chi connectivity index (χ3v) is 5.14. The molecule has 0 aliphatic heterocycles. The Morgan fingerprint density at radius 3 is 2.09 bits per heavy atom. The van der Waals surface area contributed by atoms with E-state index in [1.54, 1.807) is 49.4 Å². The van der Waals surface area contributed by atoms with Crippen molar-refractivity contribution in [2.24, 2.45) is 0 Å². The number of anilines is 1. The number of hydrogen-bond acceptors (Lipinski definition) is 8. The number of nitrogen functional groups attached to an aromatic ring is 1. The predicted octanol–water partition coefficient (Wildman–Crippen LogP) is 3.32. The molecular weight excluding hydrogens is 450 g/mol. The molecule has 33 heavy (non-hydrogen) atoms. The largest absolute Gasteiger partial charge is 0.507 e. The van der Waals surface area contributed by atoms with Crippen LogP contribution in [-0.4, -0.2) is 43.5 Å². The van der Waals surface area contributed by atoms with Crippen LogP contribution in [0.5, 0.6) is 11.5 Å². The Kier molecular flexibility index (Phi) is 8.55. The summed E-state index contributed by atoms with van der Waals surface area (Å²) in [4.78, 5) is 22.8. The number of esters is 1. The van der Waals surface area contributed by atoms with E-state index in [1.165, 1.54) is 19.2 Å². The third kappa shape index (κ3) is 6.79. The van der Waals surface area contributed by atoms with Crippen LogP contribution in [0.2, 0.25) is 0 Å². The monoisotopic (exact) mass is 473 g/mol. The lowest BCUT2D eigenvalue weighted by atomic mass is 10.0. The fourth-order valence-electron chi connectivity index (χ4n) is 2.67. The molecule has 0 saturated heterocycles. The molecule has 3 aromatic carbocycles. The van der Waals surface area contributed by atoms with Gasteiger partial charge in [-0.15, -0.1) is 0 Å². The molecular formula is C23H23NO8S. The number of phenolic OH excluding ortho intramolecular Hbond substituents is 1. The molecule has 10 heteroatoms. The average molecular weight is 474 g/mol. The van der Waals surface area contributed by atoms with Crippen molar-refractivity contribution in [1.82, 2.24) is 0 Å². The quantitative estimate of drug-likeness (QED) is 0.212. The first-order valence-electron chi connectivity index (χ1n) is 9.59. The van der Waals surface area contributed by atoms with Crippen molar-refractivity contribution in [3.8, 4) is 11.5 Å². The molecule has 0 aliphatic rings. The van der Waals surface area contributed by atoms with Crippen molar-refractivity contribution in [1.29, 1.82) is 0 Å². The van der Waals surface area contributed by atoms with Crippen molar-refractivity contribution in [2.75, 3.05) is 19.5 Å². The highest BCUT2D eigenvalue weighted by molar-refractivity contribution is 7.86. The molecule has 0 bridgehead atoms. The van der Waals surface area contributed by atoms with Crippen LogP contribution in [0.1, 0.15) is 33.2 Å². The van der Waals surface area contributed by atoms with Crippen molar-refractivity contribution in [3.05, 3.63) is 83.4 Å². The van der Waals surface area contributed by atoms with Gasteiger partial charge in [-0.25, -0.2) is 4.79 Å². The van der Waals surface area contributed by atoms with E-state index in [2.05, 4.69) is 0 Å². The minimum absolute atomic E-state index is 0.241. The maximum absolute atomic E-state index is 12.3. The van der Waals surface area contributed by atoms with Crippen LogP contribution in [0.3, 0.4) is 0 Å². The first-order chi connectivity index (χ1) is 15.6. The molecule has 174 valence electrons. The van der Waals surface area contributed by atoms with E-state index in [0.717, 1.165) is 12.1 Å². The molecule has 9 nitrogen and oxygen atoms in total. The highest BCUT2D eigenvalue weighted by Gasteiger charge is 2.23. The summed E-state index contributed by atoms with van der Waals surface area (Å²) in [7, 11) is -3.41. The number of ether oxygens (including phenoxy) is 2. The lowest BCUT2D eigenvalue weighted by Gasteiger charge is -2.10. The third-order valence-electron chi connectivity index (χ3n) is 4.26. The molecule has 0 aromatic heterocycles. The molecule has 0 unspecified atom stereocenters. The molecule has 4 N–H and O–H groups in total. The molecule has 0 heterocycles. The van der Waals surface area contributed by atoms with Crippen LogP contribution in [0.25, 0.3) is 0 Å². The molecule has 0 atom stereocenters. The summed E-state index contributed by atoms with van der Waals surface area (Å²) >= 11 is 0. The van der Waals surface area contributed by atoms with Gasteiger partial charge in [0, 0.05) is 17.3 Å². The Bertz CT molecular complexity index is 1220. The molecule has 0 fully saturated rings. The molecule has 0 spiro atoms. The smallest absolute Gasteiger partial charge is 0.338 e. The zero-order valence-corrected chi connectivity index (χ0v) is 18.7. The van der Waals surface area contributed by atoms with Crippen molar-refractivity contribution >= 4 is 27.6 Å². The van der Waals surface area contributed by atoms with Gasteiger partial charge in [-0.1, -0.05) is 30.3 Å². The van der Waals surface area contributed by atoms with Crippen LogP contribution >= 0.6 is 0 Å². The first-order valence-corrected chi connectivity index (χ1v) is 11.0. The Morgan fingerprint density at radius 1 is 0.970 bits per heavy atom. The summed E-state index contributed by atoms with van der Waals surface area (Å²) in [5.74, 6) is -1.56. The fourth-order valence-corrected chi connectivity index (χ4v) is 3.33. The number of rotatable bonds is 6. The van der Waals surface area contributed by atoms with Gasteiger partial charge in [-0.2, -0.15) is 8.42 Å². The van der Waals surface area contributed by atoms with E-state index in [0.29, 0.717) is 17.9 Å². The summed E-state index contributed by atoms with van der Waals surface area (Å²) in [6, 6.07) is 16.5. The summed E-state index contributed by atoms with van der Waals surface area (Å²) in [5, 5.41) is 9.87. The van der Waals surface area contributed by atoms with Gasteiger partial charge in [-0.3, -0.25) is 9.35 Å². The summed E-state index contributed by atoms with van der Waals surface area (Å²) in [5.41, 5.74) is 6.66. The minimum Gasteiger partial charge on any atom is -0.507 e. The van der Waals surface area contributed by atoms with Crippen molar-refractivity contribution < 1.29 is 37.1 Å². The summed E-state index contributed by atoms with van der Waals surface area (Å²) in [6.07, 6.45) is 0. The van der Waals surface area contributed by atoms with E-state index in [1.807, 2.05) is 0 Å². The molecule has 0 amide bonds. The molecule has 3 rings (SSSR count). The maximum atomic E-state index is 12.3. The molecule has 0 aliphatic carbocycles. The number of carbonyl (C=O) groups is 2. The summed E-state index contributed by atoms with van der Waals surface area (Å²) < 4.78 is 41.4. The van der Waals surface area contributed by atoms with Gasteiger partial charge in [0.15, 0.2) is 5.78 Å². The number of aromatic hydroxyl groups is 1. The van der Waals surface area contributed by atoms with Gasteiger partial charge in [-0.05, 0) is 37.3 Å². The highest BCUT2D eigenvalue weighted by Crippen LogP contribution is 2.32. The second-order valence-corrected chi connectivity index (χ2v) is 7.92. The van der Waals surface area contributed by atoms with Gasteiger partial charge < -0.3 is 20.3 Å². The van der Waals surface area contributed by atoms with E-state index in [9.17, 15) is 23.1 Å². The number of methoxy groups -OCH3 is 1. The molecule has 0 radical (unpaired) electrons. The normalized spacial score (nSPS) is 10.5. The Morgan fingerprint density at radius 2 is 1.58 bits per heavy atom. The number of hydrogen-bond donors (Lipinski definition) is 3. The van der Waals surface area contributed by atoms with Crippen LogP contribution in [0.4, 0.5) is 5.69 Å². The molecule has 3 aromatic rings. The zero-order chi connectivity index (χ0) is 24.6. The minimum atomic E-state index is -4.59. The Balaban J connectivity index is 0.000000273. The van der Waals surface area contributed by atoms with Gasteiger partial charge in [0.2, 0.25) is 0 Å². The predicted molar refractivity (Wildman–Crippen MR) is 121 cm³/mol. The SMILES string of the molecule is CCOC(=O)c1ccc(N)cc1.COc1cc(O)c(C(=O)c2ccccc2)cc1S(=O)(=O)O. The lowest BCUT2D eigenvalue weighted by molar-refractivity contribution is 0.0526. The maximum Gasteiger partial charge on any atom is 0.338 e. The highest BCUT2D eigenvalue weighted by atomic mass is 32.2. The lowest BCUT2D eigenvalue weighted by Crippen LogP contribution is -2.07. The summed E-state index contributed by atoms with van der Waals surface area (Å²) in [6.45, 7) is 2.17. The second kappa shape index (κ2) is 11.1. The number of benzene rings is 3. The van der Waals surface area contributed by atoms with E-state index >= 15 is 0 Å². The van der Waals surface area contributed by atoms with Crippen LogP contribution in [0, 0.1) is 0 Å². The van der Waals surface area contributed by atoms with Gasteiger partial charge >= 0.3 is 5.97 Å². The van der Waals surface area contributed by atoms with Crippen molar-refractivity contribution in [2.45, 2.75) is 11.8 Å². The standard InChI is InChI=1S/C14H12O6S.C9H11NO2/c1-20-12-8-11(15)10(7-13(12)21(17,18)19)14(16)9-5-3-2-4-6-9;1-2-12-9(11)7-3-5-8(10)6-4-7/h2-8,15H,1H3,(H,17,18,19);3-6H,2,10H2,1H3. The fraction of sp³-hybridized carbons (Fsp3) is 0.130. The second-order valence-electron chi connectivity index (χ2n) is 6.53. The average Bonchev–Trinajstić information content (AvgIpc) is 2.79. The van der Waals surface area contributed by atoms with Gasteiger partial charge in [0.05, 0.1) is 24.8 Å². The van der Waals surface area contributed by atoms with Crippen LogP contribution in [0.15, 0.2) is 71.6 Å². The van der Waals surface area contributed by atoms with E-state index in [-0.39, 0.29) is 22.8 Å². The van der Waals surface area contributed by atoms with Gasteiger partial charge in [0.1, 0.15) is 16.4 Å². The van der Waals surface area contributed by atoms with Crippen LogP contribution in [-0.2, 0) is 14.9 Å². The van der Waals surface area contributed by atoms with E-state index in [4.69, 9.17) is 19.8 Å². The zero-order valence-electron chi connectivity index (χ0n) is 17.9. The van der Waals surface area contributed by atoms with E-state index < -0.39 is 26.5 Å². The van der Waals surface area contributed by atoms with Gasteiger partial charge in [0.25, 0.3) is 10.1 Å². The first kappa shape index (κ1) is 25.4. The number of carbonyl (C=O) groups excluding carboxylic acids is 2. The Labute approximate surface area is 191 Å². The Hall–Kier alpha value is -3.89.